The van der Waals surface area contributed by atoms with Crippen molar-refractivity contribution in [3.05, 3.63) is 100 Å². The average molecular weight is 482 g/mol. The summed E-state index contributed by atoms with van der Waals surface area (Å²) in [6.45, 7) is 12.7. The normalized spacial score (nSPS) is 21.3. The van der Waals surface area contributed by atoms with Gasteiger partial charge in [0.2, 0.25) is 5.52 Å². The maximum absolute atomic E-state index is 2.44. The molecule has 180 valence electrons. The lowest BCUT2D eigenvalue weighted by atomic mass is 9.75. The van der Waals surface area contributed by atoms with Gasteiger partial charge in [0.1, 0.15) is 11.2 Å². The van der Waals surface area contributed by atoms with Crippen LogP contribution in [0.5, 0.6) is 0 Å². The van der Waals surface area contributed by atoms with Crippen LogP contribution in [0, 0.1) is 5.41 Å². The third kappa shape index (κ3) is 4.43. The fourth-order valence-electron chi connectivity index (χ4n) is 5.92. The molecular formula is C32H37N2S+. The van der Waals surface area contributed by atoms with Gasteiger partial charge in [-0.25, -0.2) is 0 Å². The van der Waals surface area contributed by atoms with Crippen LogP contribution in [0.2, 0.25) is 0 Å². The molecule has 0 unspecified atom stereocenters. The molecule has 0 saturated heterocycles. The highest BCUT2D eigenvalue weighted by molar-refractivity contribution is 7.18. The van der Waals surface area contributed by atoms with Gasteiger partial charge in [0.05, 0.1) is 0 Å². The van der Waals surface area contributed by atoms with E-state index in [2.05, 4.69) is 130 Å². The van der Waals surface area contributed by atoms with Gasteiger partial charge in [-0.15, -0.1) is 0 Å². The van der Waals surface area contributed by atoms with E-state index in [1.54, 1.807) is 0 Å². The van der Waals surface area contributed by atoms with Crippen LogP contribution in [0.4, 0.5) is 5.69 Å². The lowest BCUT2D eigenvalue weighted by molar-refractivity contribution is -0.665. The fourth-order valence-corrected chi connectivity index (χ4v) is 7.12. The Kier molecular flexibility index (Phi) is 6.09. The molecule has 3 heteroatoms. The van der Waals surface area contributed by atoms with Crippen molar-refractivity contribution in [3.63, 3.8) is 0 Å². The Labute approximate surface area is 214 Å². The van der Waals surface area contributed by atoms with Crippen molar-refractivity contribution in [1.82, 2.24) is 0 Å². The van der Waals surface area contributed by atoms with Crippen LogP contribution < -0.4 is 9.47 Å². The Morgan fingerprint density at radius 1 is 1.00 bits per heavy atom. The molecule has 2 nitrogen and oxygen atoms in total. The van der Waals surface area contributed by atoms with Gasteiger partial charge in [-0.05, 0) is 60.1 Å². The van der Waals surface area contributed by atoms with E-state index in [-0.39, 0.29) is 10.8 Å². The Morgan fingerprint density at radius 3 is 2.51 bits per heavy atom. The summed E-state index contributed by atoms with van der Waals surface area (Å²) in [6.07, 6.45) is 13.9. The summed E-state index contributed by atoms with van der Waals surface area (Å²) in [5, 5.41) is 1.34. The van der Waals surface area contributed by atoms with Crippen molar-refractivity contribution in [2.45, 2.75) is 59.4 Å². The van der Waals surface area contributed by atoms with Crippen molar-refractivity contribution in [2.24, 2.45) is 5.41 Å². The van der Waals surface area contributed by atoms with Gasteiger partial charge in [0.15, 0.2) is 0 Å². The molecule has 3 aromatic rings. The van der Waals surface area contributed by atoms with E-state index in [9.17, 15) is 0 Å². The molecule has 0 N–H and O–H groups in total. The molecule has 35 heavy (non-hydrogen) atoms. The van der Waals surface area contributed by atoms with Crippen molar-refractivity contribution in [2.75, 3.05) is 11.9 Å². The fraction of sp³-hybridized carbons (Fsp3) is 0.344. The second-order valence-corrected chi connectivity index (χ2v) is 12.3. The highest BCUT2D eigenvalue weighted by Crippen LogP contribution is 2.46. The van der Waals surface area contributed by atoms with Crippen LogP contribution in [-0.2, 0) is 12.0 Å². The molecule has 0 spiro atoms. The standard InChI is InChI=1S/C32H37N2S/c1-7-34-27-16-10-11-17-28(27)35-30(34)20-24-19-23(21-31(2,3)22-24)13-12-18-29-32(4,5)25-14-8-9-15-26(25)33(29)6/h8-20H,7,21-22H2,1-6H3/q+1. The summed E-state index contributed by atoms with van der Waals surface area (Å²) < 4.78 is 3.80. The zero-order valence-corrected chi connectivity index (χ0v) is 22.7. The summed E-state index contributed by atoms with van der Waals surface area (Å²) >= 11 is 1.90. The Balaban J connectivity index is 1.46. The van der Waals surface area contributed by atoms with Gasteiger partial charge in [0.25, 0.3) is 5.01 Å². The van der Waals surface area contributed by atoms with Crippen LogP contribution in [0.25, 0.3) is 16.3 Å². The highest BCUT2D eigenvalue weighted by Gasteiger charge is 2.37. The van der Waals surface area contributed by atoms with Crippen LogP contribution >= 0.6 is 11.3 Å². The minimum atomic E-state index is 0.00984. The van der Waals surface area contributed by atoms with Crippen LogP contribution in [0.1, 0.15) is 58.0 Å². The van der Waals surface area contributed by atoms with Crippen molar-refractivity contribution < 1.29 is 4.57 Å². The van der Waals surface area contributed by atoms with Crippen LogP contribution in [0.3, 0.4) is 0 Å². The molecule has 0 fully saturated rings. The molecule has 2 heterocycles. The predicted molar refractivity (Wildman–Crippen MR) is 152 cm³/mol. The number of rotatable bonds is 4. The quantitative estimate of drug-likeness (QED) is 0.341. The number of para-hydroxylation sites is 2. The smallest absolute Gasteiger partial charge is 0.263 e. The van der Waals surface area contributed by atoms with Gasteiger partial charge in [0, 0.05) is 36.0 Å². The van der Waals surface area contributed by atoms with Crippen LogP contribution in [-0.4, -0.2) is 7.05 Å². The maximum atomic E-state index is 2.44. The topological polar surface area (TPSA) is 7.12 Å². The number of thiazole rings is 1. The molecule has 1 aliphatic carbocycles. The number of anilines is 1. The lowest BCUT2D eigenvalue weighted by Crippen LogP contribution is -2.33. The lowest BCUT2D eigenvalue weighted by Gasteiger charge is -2.30. The van der Waals surface area contributed by atoms with Gasteiger partial charge >= 0.3 is 0 Å². The largest absolute Gasteiger partial charge is 0.347 e. The SMILES string of the molecule is CC[n+]1c(C=C2C=C(C=CC=C3N(C)c4ccccc4C3(C)C)CC(C)(C)C2)sc2ccccc21. The number of hydrogen-bond acceptors (Lipinski definition) is 2. The van der Waals surface area contributed by atoms with Crippen molar-refractivity contribution in [3.8, 4) is 0 Å². The number of allylic oxidation sites excluding steroid dienone is 7. The van der Waals surface area contributed by atoms with Crippen molar-refractivity contribution in [1.29, 1.82) is 0 Å². The minimum Gasteiger partial charge on any atom is -0.347 e. The maximum Gasteiger partial charge on any atom is 0.263 e. The molecule has 0 radical (unpaired) electrons. The van der Waals surface area contributed by atoms with E-state index < -0.39 is 0 Å². The van der Waals surface area contributed by atoms with E-state index >= 15 is 0 Å². The minimum absolute atomic E-state index is 0.00984. The van der Waals surface area contributed by atoms with Gasteiger partial charge in [-0.1, -0.05) is 87.6 Å². The summed E-state index contributed by atoms with van der Waals surface area (Å²) in [5.74, 6) is 0. The Bertz CT molecular complexity index is 1390. The second-order valence-electron chi connectivity index (χ2n) is 11.2. The molecule has 5 rings (SSSR count). The van der Waals surface area contributed by atoms with Gasteiger partial charge < -0.3 is 4.90 Å². The molecule has 1 aliphatic heterocycles. The Hall–Kier alpha value is -2.91. The van der Waals surface area contributed by atoms with E-state index in [4.69, 9.17) is 0 Å². The van der Waals surface area contributed by atoms with Crippen LogP contribution in [0.15, 0.2) is 89.7 Å². The molecule has 2 aromatic carbocycles. The second kappa shape index (κ2) is 8.95. The van der Waals surface area contributed by atoms with E-state index in [1.165, 1.54) is 43.3 Å². The first-order valence-electron chi connectivity index (χ1n) is 12.7. The zero-order valence-electron chi connectivity index (χ0n) is 21.9. The predicted octanol–water partition coefficient (Wildman–Crippen LogP) is 8.21. The number of aromatic nitrogens is 1. The molecule has 0 bridgehead atoms. The van der Waals surface area contributed by atoms with E-state index in [0.29, 0.717) is 0 Å². The summed E-state index contributed by atoms with van der Waals surface area (Å²) in [4.78, 5) is 2.34. The molecule has 1 aromatic heterocycles. The first kappa shape index (κ1) is 23.8. The van der Waals surface area contributed by atoms with E-state index in [0.717, 1.165) is 19.4 Å². The Morgan fingerprint density at radius 2 is 1.74 bits per heavy atom. The third-order valence-electron chi connectivity index (χ3n) is 7.50. The number of aryl methyl sites for hydroxylation is 1. The number of hydrogen-bond donors (Lipinski definition) is 0. The summed E-state index contributed by atoms with van der Waals surface area (Å²) in [6, 6.07) is 17.5. The number of benzene rings is 2. The van der Waals surface area contributed by atoms with E-state index in [1.807, 2.05) is 11.3 Å². The first-order valence-corrected chi connectivity index (χ1v) is 13.6. The summed E-state index contributed by atoms with van der Waals surface area (Å²) in [5.41, 5.74) is 8.48. The highest BCUT2D eigenvalue weighted by atomic mass is 32.1. The molecular weight excluding hydrogens is 444 g/mol. The zero-order chi connectivity index (χ0) is 24.8. The average Bonchev–Trinajstić information content (AvgIpc) is 3.25. The third-order valence-corrected chi connectivity index (χ3v) is 8.62. The first-order chi connectivity index (χ1) is 16.7. The van der Waals surface area contributed by atoms with Crippen molar-refractivity contribution >= 4 is 33.3 Å². The molecule has 2 aliphatic rings. The number of likely N-dealkylation sites (N-methyl/N-ethyl adjacent to an activating group) is 1. The van der Waals surface area contributed by atoms with Gasteiger partial charge in [-0.3, -0.25) is 0 Å². The molecule has 0 amide bonds. The number of fused-ring (bicyclic) bond motifs is 2. The molecule has 0 atom stereocenters. The monoisotopic (exact) mass is 481 g/mol. The molecule has 0 saturated carbocycles. The number of nitrogens with zero attached hydrogens (tertiary/aromatic N) is 2. The van der Waals surface area contributed by atoms with Gasteiger partial charge in [-0.2, -0.15) is 4.57 Å². The summed E-state index contributed by atoms with van der Waals surface area (Å²) in [7, 11) is 2.19.